The summed E-state index contributed by atoms with van der Waals surface area (Å²) in [5, 5.41) is 14.7. The molecule has 0 saturated carbocycles. The van der Waals surface area contributed by atoms with E-state index in [2.05, 4.69) is 15.6 Å². The van der Waals surface area contributed by atoms with Gasteiger partial charge < -0.3 is 30.9 Å². The van der Waals surface area contributed by atoms with Crippen LogP contribution in [0, 0.1) is 0 Å². The number of ketones is 1. The lowest BCUT2D eigenvalue weighted by molar-refractivity contribution is -0.131. The number of nitrogens with two attached hydrogens (primary N) is 1. The fraction of sp³-hybridized carbons (Fsp3) is 0.226. The highest BCUT2D eigenvalue weighted by Gasteiger charge is 2.19. The lowest BCUT2D eigenvalue weighted by atomic mass is 10.0. The normalized spacial score (nSPS) is 11.3. The number of esters is 1. The molecule has 12 nitrogen and oxygen atoms in total. The Morgan fingerprint density at radius 2 is 1.64 bits per heavy atom. The van der Waals surface area contributed by atoms with Crippen LogP contribution in [0.2, 0.25) is 5.02 Å². The summed E-state index contributed by atoms with van der Waals surface area (Å²) in [6.07, 6.45) is -0.490. The second kappa shape index (κ2) is 14.8. The van der Waals surface area contributed by atoms with Gasteiger partial charge in [0, 0.05) is 29.2 Å². The number of rotatable bonds is 10. The number of benzene rings is 3. The van der Waals surface area contributed by atoms with Crippen molar-refractivity contribution < 1.29 is 38.6 Å². The van der Waals surface area contributed by atoms with Crippen LogP contribution < -0.4 is 21.1 Å². The molecule has 0 unspecified atom stereocenters. The molecule has 5 N–H and O–H groups in total. The molecule has 0 aliphatic rings. The number of hydrogen-bond acceptors (Lipinski definition) is 7. The van der Waals surface area contributed by atoms with Gasteiger partial charge in [-0.05, 0) is 74.7 Å². The highest BCUT2D eigenvalue weighted by Crippen LogP contribution is 2.25. The number of aliphatic carboxylic acids is 1. The van der Waals surface area contributed by atoms with E-state index in [1.807, 2.05) is 0 Å². The summed E-state index contributed by atoms with van der Waals surface area (Å²) in [7, 11) is 0. The van der Waals surface area contributed by atoms with Gasteiger partial charge in [0.1, 0.15) is 11.4 Å². The van der Waals surface area contributed by atoms with Gasteiger partial charge in [-0.3, -0.25) is 9.59 Å². The number of nitrogens with zero attached hydrogens (tertiary/aromatic N) is 1. The van der Waals surface area contributed by atoms with Crippen molar-refractivity contribution in [2.75, 3.05) is 5.32 Å². The van der Waals surface area contributed by atoms with Crippen LogP contribution in [-0.4, -0.2) is 46.4 Å². The third-order valence-corrected chi connectivity index (χ3v) is 6.14. The van der Waals surface area contributed by atoms with Crippen LogP contribution in [0.1, 0.15) is 59.0 Å². The first-order valence-electron chi connectivity index (χ1n) is 13.3. The number of carbonyl (C=O) groups excluding carboxylic acids is 4. The van der Waals surface area contributed by atoms with Crippen LogP contribution in [0.25, 0.3) is 0 Å². The molecule has 0 spiro atoms. The summed E-state index contributed by atoms with van der Waals surface area (Å²) in [5.41, 5.74) is 6.77. The molecule has 44 heavy (non-hydrogen) atoms. The Labute approximate surface area is 258 Å². The predicted octanol–water partition coefficient (Wildman–Crippen LogP) is 4.74. The summed E-state index contributed by atoms with van der Waals surface area (Å²) in [4.78, 5) is 63.3. The first-order valence-corrected chi connectivity index (χ1v) is 13.7. The van der Waals surface area contributed by atoms with Gasteiger partial charge in [-0.1, -0.05) is 41.9 Å². The van der Waals surface area contributed by atoms with Crippen molar-refractivity contribution in [3.05, 3.63) is 94.0 Å². The molecule has 2 amide bonds. The SMILES string of the molecule is CC(C)(C)OC(=O)/N=C(\N)Nc1ccc(C(=O)Oc2ccc(CCC(=O)NCc3ccccc3C(=O)C(=O)O)c(Cl)c2)cc1. The van der Waals surface area contributed by atoms with Gasteiger partial charge in [-0.15, -0.1) is 4.99 Å². The van der Waals surface area contributed by atoms with Crippen molar-refractivity contribution >= 4 is 53.0 Å². The minimum absolute atomic E-state index is 0.00975. The van der Waals surface area contributed by atoms with Crippen LogP contribution >= 0.6 is 11.6 Å². The monoisotopic (exact) mass is 622 g/mol. The zero-order valence-electron chi connectivity index (χ0n) is 24.2. The first-order chi connectivity index (χ1) is 20.7. The highest BCUT2D eigenvalue weighted by molar-refractivity contribution is 6.40. The first kappa shape index (κ1) is 33.3. The minimum Gasteiger partial charge on any atom is -0.475 e. The van der Waals surface area contributed by atoms with Crippen LogP contribution in [-0.2, 0) is 27.3 Å². The molecule has 13 heteroatoms. The molecule has 0 aliphatic heterocycles. The number of ether oxygens (including phenoxy) is 2. The van der Waals surface area contributed by atoms with E-state index in [0.29, 0.717) is 21.8 Å². The van der Waals surface area contributed by atoms with E-state index in [1.165, 1.54) is 24.3 Å². The Bertz CT molecular complexity index is 1600. The standard InChI is InChI=1S/C31H31ClN4O8/c1-31(2,3)44-30(42)36-29(33)35-21-12-8-19(9-13-21)28(41)43-22-14-10-18(24(32)16-22)11-15-25(37)34-17-20-6-4-5-7-23(20)26(38)27(39)40/h4-10,12-14,16H,11,15,17H2,1-3H3,(H,34,37)(H,39,40)(H3,33,35,36,42). The predicted molar refractivity (Wildman–Crippen MR) is 163 cm³/mol. The molecule has 0 radical (unpaired) electrons. The van der Waals surface area contributed by atoms with Crippen molar-refractivity contribution in [3.8, 4) is 5.75 Å². The number of guanidine groups is 1. The van der Waals surface area contributed by atoms with E-state index in [0.717, 1.165) is 0 Å². The average molecular weight is 623 g/mol. The lowest BCUT2D eigenvalue weighted by Gasteiger charge is -2.17. The highest BCUT2D eigenvalue weighted by atomic mass is 35.5. The van der Waals surface area contributed by atoms with Crippen LogP contribution in [0.4, 0.5) is 10.5 Å². The molecule has 3 aromatic carbocycles. The van der Waals surface area contributed by atoms with Crippen LogP contribution in [0.5, 0.6) is 5.75 Å². The van der Waals surface area contributed by atoms with Crippen molar-refractivity contribution in [3.63, 3.8) is 0 Å². The Morgan fingerprint density at radius 3 is 2.27 bits per heavy atom. The van der Waals surface area contributed by atoms with E-state index in [9.17, 15) is 24.0 Å². The molecular weight excluding hydrogens is 592 g/mol. The van der Waals surface area contributed by atoms with Gasteiger partial charge in [-0.2, -0.15) is 0 Å². The average Bonchev–Trinajstić information content (AvgIpc) is 2.94. The molecule has 0 aromatic heterocycles. The summed E-state index contributed by atoms with van der Waals surface area (Å²) < 4.78 is 10.5. The zero-order valence-corrected chi connectivity index (χ0v) is 24.9. The lowest BCUT2D eigenvalue weighted by Crippen LogP contribution is -2.27. The van der Waals surface area contributed by atoms with E-state index in [-0.39, 0.29) is 48.1 Å². The number of halogens is 1. The third kappa shape index (κ3) is 10.2. The number of amides is 2. The maximum Gasteiger partial charge on any atom is 0.437 e. The fourth-order valence-electron chi connectivity index (χ4n) is 3.75. The number of anilines is 1. The van der Waals surface area contributed by atoms with Crippen LogP contribution in [0.3, 0.4) is 0 Å². The van der Waals surface area contributed by atoms with Gasteiger partial charge in [0.05, 0.1) is 5.56 Å². The topological polar surface area (TPSA) is 186 Å². The number of Topliss-reactive ketones (excluding diaryl/α,β-unsaturated/α-hetero) is 1. The summed E-state index contributed by atoms with van der Waals surface area (Å²) in [6.45, 7) is 5.10. The summed E-state index contributed by atoms with van der Waals surface area (Å²) >= 11 is 6.36. The molecular formula is C31H31ClN4O8. The number of aryl methyl sites for hydroxylation is 1. The van der Waals surface area contributed by atoms with Crippen LogP contribution in [0.15, 0.2) is 71.7 Å². The molecule has 0 atom stereocenters. The quantitative estimate of drug-likeness (QED) is 0.0614. The van der Waals surface area contributed by atoms with Gasteiger partial charge in [-0.25, -0.2) is 14.4 Å². The zero-order chi connectivity index (χ0) is 32.4. The van der Waals surface area contributed by atoms with E-state index < -0.39 is 29.4 Å². The van der Waals surface area contributed by atoms with Crippen molar-refractivity contribution in [1.29, 1.82) is 0 Å². The van der Waals surface area contributed by atoms with Gasteiger partial charge in [0.15, 0.2) is 0 Å². The van der Waals surface area contributed by atoms with E-state index >= 15 is 0 Å². The molecule has 0 saturated heterocycles. The number of carboxylic acids is 1. The second-order valence-electron chi connectivity index (χ2n) is 10.4. The maximum absolute atomic E-state index is 12.6. The molecule has 3 aromatic rings. The Morgan fingerprint density at radius 1 is 0.955 bits per heavy atom. The second-order valence-corrected chi connectivity index (χ2v) is 10.8. The van der Waals surface area contributed by atoms with E-state index in [1.54, 1.807) is 63.2 Å². The number of nitrogens with one attached hydrogen (secondary N) is 2. The maximum atomic E-state index is 12.6. The minimum atomic E-state index is -1.58. The fourth-order valence-corrected chi connectivity index (χ4v) is 4.02. The Hall–Kier alpha value is -5.23. The van der Waals surface area contributed by atoms with Crippen molar-refractivity contribution in [1.82, 2.24) is 5.32 Å². The molecule has 230 valence electrons. The third-order valence-electron chi connectivity index (χ3n) is 5.79. The Balaban J connectivity index is 1.51. The molecule has 0 aliphatic carbocycles. The summed E-state index contributed by atoms with van der Waals surface area (Å²) in [6, 6.07) is 16.9. The molecule has 0 heterocycles. The van der Waals surface area contributed by atoms with Gasteiger partial charge in [0.2, 0.25) is 11.9 Å². The number of hydrogen-bond donors (Lipinski definition) is 4. The number of carboxylic acid groups (broad SMARTS) is 1. The van der Waals surface area contributed by atoms with Gasteiger partial charge in [0.25, 0.3) is 5.78 Å². The smallest absolute Gasteiger partial charge is 0.437 e. The molecule has 0 fully saturated rings. The molecule has 3 rings (SSSR count). The van der Waals surface area contributed by atoms with Crippen molar-refractivity contribution in [2.45, 2.75) is 45.8 Å². The molecule has 0 bridgehead atoms. The van der Waals surface area contributed by atoms with Gasteiger partial charge >= 0.3 is 18.0 Å². The number of aliphatic imine (C=N–C) groups is 1. The summed E-state index contributed by atoms with van der Waals surface area (Å²) in [5.74, 6) is -3.58. The Kier molecular flexibility index (Phi) is 11.2. The van der Waals surface area contributed by atoms with Crippen molar-refractivity contribution in [2.24, 2.45) is 10.7 Å². The largest absolute Gasteiger partial charge is 0.475 e. The van der Waals surface area contributed by atoms with E-state index in [4.69, 9.17) is 31.9 Å². The number of carbonyl (C=O) groups is 5.